The molecule has 0 atom stereocenters. The van der Waals surface area contributed by atoms with Gasteiger partial charge in [-0.2, -0.15) is 0 Å². The SMILES string of the molecule is Cc1cc(-c2cccnc2)nc(CCC(C)(C)N)n1. The second-order valence-electron chi connectivity index (χ2n) is 5.54. The minimum Gasteiger partial charge on any atom is -0.326 e. The number of nitrogens with zero attached hydrogens (tertiary/aromatic N) is 3. The van der Waals surface area contributed by atoms with Gasteiger partial charge in [0.25, 0.3) is 0 Å². The van der Waals surface area contributed by atoms with Crippen LogP contribution < -0.4 is 5.73 Å². The Bertz CT molecular complexity index is 544. The fourth-order valence-corrected chi connectivity index (χ4v) is 1.84. The van der Waals surface area contributed by atoms with Crippen molar-refractivity contribution in [3.05, 3.63) is 42.1 Å². The summed E-state index contributed by atoms with van der Waals surface area (Å²) in [6.45, 7) is 6.02. The smallest absolute Gasteiger partial charge is 0.129 e. The van der Waals surface area contributed by atoms with Crippen molar-refractivity contribution in [2.24, 2.45) is 5.73 Å². The minimum absolute atomic E-state index is 0.193. The molecule has 0 saturated heterocycles. The van der Waals surface area contributed by atoms with Crippen LogP contribution in [0.1, 0.15) is 31.8 Å². The van der Waals surface area contributed by atoms with E-state index in [1.165, 1.54) is 0 Å². The number of nitrogens with two attached hydrogens (primary N) is 1. The zero-order valence-electron chi connectivity index (χ0n) is 11.7. The average Bonchev–Trinajstić information content (AvgIpc) is 2.36. The monoisotopic (exact) mass is 256 g/mol. The predicted octanol–water partition coefficient (Wildman–Crippen LogP) is 2.52. The Labute approximate surface area is 114 Å². The lowest BCUT2D eigenvalue weighted by molar-refractivity contribution is 0.470. The molecule has 0 aliphatic heterocycles. The van der Waals surface area contributed by atoms with E-state index in [0.29, 0.717) is 0 Å². The fourth-order valence-electron chi connectivity index (χ4n) is 1.84. The normalized spacial score (nSPS) is 11.6. The van der Waals surface area contributed by atoms with Crippen LogP contribution in [-0.4, -0.2) is 20.5 Å². The summed E-state index contributed by atoms with van der Waals surface area (Å²) in [4.78, 5) is 13.2. The van der Waals surface area contributed by atoms with Crippen molar-refractivity contribution in [2.45, 2.75) is 39.2 Å². The summed E-state index contributed by atoms with van der Waals surface area (Å²) in [7, 11) is 0. The molecule has 2 N–H and O–H groups in total. The molecule has 0 aromatic carbocycles. The molecule has 2 rings (SSSR count). The molecular formula is C15H20N4. The van der Waals surface area contributed by atoms with Gasteiger partial charge in [-0.3, -0.25) is 4.98 Å². The van der Waals surface area contributed by atoms with Crippen LogP contribution in [0, 0.1) is 6.92 Å². The summed E-state index contributed by atoms with van der Waals surface area (Å²) in [5.41, 5.74) is 8.72. The van der Waals surface area contributed by atoms with Crippen molar-refractivity contribution >= 4 is 0 Å². The zero-order valence-corrected chi connectivity index (χ0v) is 11.7. The summed E-state index contributed by atoms with van der Waals surface area (Å²) < 4.78 is 0. The van der Waals surface area contributed by atoms with Gasteiger partial charge >= 0.3 is 0 Å². The van der Waals surface area contributed by atoms with Gasteiger partial charge in [-0.25, -0.2) is 9.97 Å². The molecular weight excluding hydrogens is 236 g/mol. The number of aromatic nitrogens is 3. The van der Waals surface area contributed by atoms with Gasteiger partial charge in [-0.15, -0.1) is 0 Å². The lowest BCUT2D eigenvalue weighted by atomic mass is 10.00. The molecule has 2 aromatic heterocycles. The summed E-state index contributed by atoms with van der Waals surface area (Å²) in [5.74, 6) is 0.845. The van der Waals surface area contributed by atoms with Crippen molar-refractivity contribution in [1.29, 1.82) is 0 Å². The third kappa shape index (κ3) is 4.10. The predicted molar refractivity (Wildman–Crippen MR) is 76.6 cm³/mol. The first-order chi connectivity index (χ1) is 8.94. The average molecular weight is 256 g/mol. The van der Waals surface area contributed by atoms with Gasteiger partial charge in [-0.1, -0.05) is 0 Å². The van der Waals surface area contributed by atoms with E-state index in [9.17, 15) is 0 Å². The van der Waals surface area contributed by atoms with E-state index >= 15 is 0 Å². The summed E-state index contributed by atoms with van der Waals surface area (Å²) >= 11 is 0. The fraction of sp³-hybridized carbons (Fsp3) is 0.400. The van der Waals surface area contributed by atoms with Gasteiger partial charge in [0.05, 0.1) is 5.69 Å². The van der Waals surface area contributed by atoms with E-state index in [-0.39, 0.29) is 5.54 Å². The van der Waals surface area contributed by atoms with Gasteiger partial charge in [0.1, 0.15) is 5.82 Å². The van der Waals surface area contributed by atoms with E-state index in [4.69, 9.17) is 5.73 Å². The van der Waals surface area contributed by atoms with Crippen molar-refractivity contribution < 1.29 is 0 Å². The highest BCUT2D eigenvalue weighted by Crippen LogP contribution is 2.17. The van der Waals surface area contributed by atoms with Crippen molar-refractivity contribution in [3.8, 4) is 11.3 Å². The zero-order chi connectivity index (χ0) is 13.9. The Kier molecular flexibility index (Phi) is 3.90. The number of pyridine rings is 1. The summed E-state index contributed by atoms with van der Waals surface area (Å²) in [6.07, 6.45) is 5.23. The molecule has 100 valence electrons. The molecule has 4 nitrogen and oxygen atoms in total. The largest absolute Gasteiger partial charge is 0.326 e. The highest BCUT2D eigenvalue weighted by atomic mass is 14.9. The number of aryl methyl sites for hydroxylation is 2. The Morgan fingerprint density at radius 2 is 2.05 bits per heavy atom. The quantitative estimate of drug-likeness (QED) is 0.913. The second kappa shape index (κ2) is 5.45. The molecule has 19 heavy (non-hydrogen) atoms. The number of hydrogen-bond donors (Lipinski definition) is 1. The van der Waals surface area contributed by atoms with E-state index in [2.05, 4.69) is 15.0 Å². The van der Waals surface area contributed by atoms with E-state index in [1.807, 2.05) is 45.2 Å². The van der Waals surface area contributed by atoms with Crippen LogP contribution in [0.4, 0.5) is 0 Å². The van der Waals surface area contributed by atoms with Crippen molar-refractivity contribution in [1.82, 2.24) is 15.0 Å². The molecule has 4 heteroatoms. The molecule has 2 aromatic rings. The lowest BCUT2D eigenvalue weighted by Crippen LogP contribution is -2.32. The van der Waals surface area contributed by atoms with Crippen LogP contribution in [0.2, 0.25) is 0 Å². The minimum atomic E-state index is -0.193. The van der Waals surface area contributed by atoms with Crippen LogP contribution in [-0.2, 0) is 6.42 Å². The molecule has 2 heterocycles. The first-order valence-corrected chi connectivity index (χ1v) is 6.48. The molecule has 0 radical (unpaired) electrons. The van der Waals surface area contributed by atoms with Gasteiger partial charge in [-0.05, 0) is 45.4 Å². The second-order valence-corrected chi connectivity index (χ2v) is 5.54. The van der Waals surface area contributed by atoms with Crippen LogP contribution >= 0.6 is 0 Å². The molecule has 0 saturated carbocycles. The van der Waals surface area contributed by atoms with E-state index in [0.717, 1.165) is 35.6 Å². The standard InChI is InChI=1S/C15H20N4/c1-11-9-13(12-5-4-8-17-10-12)19-14(18-11)6-7-15(2,3)16/h4-5,8-10H,6-7,16H2,1-3H3. The molecule has 0 unspecified atom stereocenters. The molecule has 0 fully saturated rings. The third-order valence-corrected chi connectivity index (χ3v) is 2.85. The number of hydrogen-bond acceptors (Lipinski definition) is 4. The van der Waals surface area contributed by atoms with Crippen LogP contribution in [0.3, 0.4) is 0 Å². The maximum Gasteiger partial charge on any atom is 0.129 e. The maximum absolute atomic E-state index is 6.00. The Balaban J connectivity index is 2.25. The maximum atomic E-state index is 6.00. The van der Waals surface area contributed by atoms with E-state index in [1.54, 1.807) is 6.20 Å². The van der Waals surface area contributed by atoms with Gasteiger partial charge in [0.2, 0.25) is 0 Å². The Hall–Kier alpha value is -1.81. The van der Waals surface area contributed by atoms with Crippen LogP contribution in [0.5, 0.6) is 0 Å². The number of rotatable bonds is 4. The molecule has 0 bridgehead atoms. The Morgan fingerprint density at radius 3 is 2.68 bits per heavy atom. The third-order valence-electron chi connectivity index (χ3n) is 2.85. The summed E-state index contributed by atoms with van der Waals surface area (Å²) in [5, 5.41) is 0. The van der Waals surface area contributed by atoms with Gasteiger partial charge in [0, 0.05) is 35.6 Å². The lowest BCUT2D eigenvalue weighted by Gasteiger charge is -2.17. The molecule has 0 amide bonds. The summed E-state index contributed by atoms with van der Waals surface area (Å²) in [6, 6.07) is 5.90. The van der Waals surface area contributed by atoms with Gasteiger partial charge in [0.15, 0.2) is 0 Å². The first-order valence-electron chi connectivity index (χ1n) is 6.48. The molecule has 0 aliphatic rings. The first kappa shape index (κ1) is 13.6. The molecule has 0 aliphatic carbocycles. The van der Waals surface area contributed by atoms with Crippen molar-refractivity contribution in [2.75, 3.05) is 0 Å². The molecule has 0 spiro atoms. The topological polar surface area (TPSA) is 64.7 Å². The highest BCUT2D eigenvalue weighted by molar-refractivity contribution is 5.57. The Morgan fingerprint density at radius 1 is 1.26 bits per heavy atom. The van der Waals surface area contributed by atoms with E-state index < -0.39 is 0 Å². The van der Waals surface area contributed by atoms with Crippen LogP contribution in [0.25, 0.3) is 11.3 Å². The van der Waals surface area contributed by atoms with Crippen molar-refractivity contribution in [3.63, 3.8) is 0 Å². The van der Waals surface area contributed by atoms with Crippen LogP contribution in [0.15, 0.2) is 30.6 Å². The van der Waals surface area contributed by atoms with Gasteiger partial charge < -0.3 is 5.73 Å². The highest BCUT2D eigenvalue weighted by Gasteiger charge is 2.12.